The maximum Gasteiger partial charge on any atom is 0.410 e. The molecule has 0 bridgehead atoms. The number of carboxylic acids is 1. The molecule has 1 amide bonds. The van der Waals surface area contributed by atoms with E-state index in [1.54, 1.807) is 27.7 Å². The molecule has 9 heteroatoms. The fourth-order valence-electron chi connectivity index (χ4n) is 2.17. The number of hydrogen-bond acceptors (Lipinski definition) is 5. The van der Waals surface area contributed by atoms with E-state index < -0.39 is 23.7 Å². The molecule has 0 saturated heterocycles. The molecule has 2 aromatic rings. The highest BCUT2D eigenvalue weighted by Crippen LogP contribution is 2.26. The van der Waals surface area contributed by atoms with Gasteiger partial charge in [0.25, 0.3) is 0 Å². The quantitative estimate of drug-likeness (QED) is 0.909. The van der Waals surface area contributed by atoms with E-state index in [0.717, 1.165) is 0 Å². The van der Waals surface area contributed by atoms with Crippen molar-refractivity contribution in [2.24, 2.45) is 0 Å². The first-order chi connectivity index (χ1) is 11.0. The van der Waals surface area contributed by atoms with Gasteiger partial charge < -0.3 is 14.7 Å². The second-order valence-corrected chi connectivity index (χ2v) is 6.75. The monoisotopic (exact) mass is 354 g/mol. The Morgan fingerprint density at radius 2 is 2.04 bits per heavy atom. The van der Waals surface area contributed by atoms with Crippen LogP contribution < -0.4 is 0 Å². The summed E-state index contributed by atoms with van der Waals surface area (Å²) in [4.78, 5) is 29.2. The Morgan fingerprint density at radius 3 is 2.58 bits per heavy atom. The predicted octanol–water partition coefficient (Wildman–Crippen LogP) is 3.01. The smallest absolute Gasteiger partial charge is 0.410 e. The zero-order chi connectivity index (χ0) is 18.2. The van der Waals surface area contributed by atoms with Crippen LogP contribution in [-0.2, 0) is 4.74 Å². The maximum absolute atomic E-state index is 12.3. The largest absolute Gasteiger partial charge is 0.478 e. The number of carboxylic acid groups (broad SMARTS) is 1. The highest BCUT2D eigenvalue weighted by atomic mass is 35.5. The normalized spacial score (nSPS) is 12.9. The first kappa shape index (κ1) is 18.0. The summed E-state index contributed by atoms with van der Waals surface area (Å²) < 4.78 is 6.66. The molecule has 2 rings (SSSR count). The third kappa shape index (κ3) is 3.59. The van der Waals surface area contributed by atoms with E-state index in [9.17, 15) is 14.7 Å². The van der Waals surface area contributed by atoms with Crippen molar-refractivity contribution in [2.75, 3.05) is 7.05 Å². The lowest BCUT2D eigenvalue weighted by molar-refractivity contribution is 0.0226. The van der Waals surface area contributed by atoms with Crippen LogP contribution in [0.25, 0.3) is 5.65 Å². The van der Waals surface area contributed by atoms with Crippen LogP contribution in [0.15, 0.2) is 12.3 Å². The van der Waals surface area contributed by atoms with E-state index in [0.29, 0.717) is 5.65 Å². The maximum atomic E-state index is 12.3. The highest BCUT2D eigenvalue weighted by molar-refractivity contribution is 6.29. The van der Waals surface area contributed by atoms with Gasteiger partial charge in [-0.15, -0.1) is 0 Å². The van der Waals surface area contributed by atoms with Crippen LogP contribution >= 0.6 is 11.6 Å². The molecule has 1 unspecified atom stereocenters. The van der Waals surface area contributed by atoms with Gasteiger partial charge in [-0.25, -0.2) is 19.1 Å². The van der Waals surface area contributed by atoms with Crippen molar-refractivity contribution < 1.29 is 19.4 Å². The number of aromatic carboxylic acids is 1. The molecule has 0 aromatic carbocycles. The molecule has 1 atom stereocenters. The van der Waals surface area contributed by atoms with Crippen molar-refractivity contribution >= 4 is 29.3 Å². The number of halogens is 1. The molecule has 24 heavy (non-hydrogen) atoms. The lowest BCUT2D eigenvalue weighted by Gasteiger charge is -2.29. The lowest BCUT2D eigenvalue weighted by Crippen LogP contribution is -2.37. The van der Waals surface area contributed by atoms with Crippen molar-refractivity contribution in [3.8, 4) is 0 Å². The highest BCUT2D eigenvalue weighted by Gasteiger charge is 2.29. The summed E-state index contributed by atoms with van der Waals surface area (Å²) in [5, 5.41) is 13.7. The van der Waals surface area contributed by atoms with E-state index in [1.165, 1.54) is 28.7 Å². The number of carbonyl (C=O) groups excluding carboxylic acids is 1. The summed E-state index contributed by atoms with van der Waals surface area (Å²) >= 11 is 5.90. The minimum atomic E-state index is -1.17. The molecule has 0 aliphatic rings. The molecule has 0 aliphatic carbocycles. The number of nitrogens with zero attached hydrogens (tertiary/aromatic N) is 4. The molecular weight excluding hydrogens is 336 g/mol. The number of fused-ring (bicyclic) bond motifs is 1. The molecule has 8 nitrogen and oxygen atoms in total. The van der Waals surface area contributed by atoms with Crippen LogP contribution in [0.3, 0.4) is 0 Å². The van der Waals surface area contributed by atoms with Crippen LogP contribution in [0.5, 0.6) is 0 Å². The molecule has 0 saturated carbocycles. The summed E-state index contributed by atoms with van der Waals surface area (Å²) in [5.41, 5.74) is -0.0501. The van der Waals surface area contributed by atoms with Gasteiger partial charge >= 0.3 is 12.1 Å². The summed E-state index contributed by atoms with van der Waals surface area (Å²) in [6.45, 7) is 6.94. The molecule has 0 spiro atoms. The number of rotatable bonds is 3. The molecule has 0 aliphatic heterocycles. The van der Waals surface area contributed by atoms with Gasteiger partial charge in [-0.1, -0.05) is 11.6 Å². The third-order valence-corrected chi connectivity index (χ3v) is 3.56. The Balaban J connectivity index is 2.51. The summed E-state index contributed by atoms with van der Waals surface area (Å²) in [7, 11) is 1.53. The SMILES string of the molecule is CC(c1c(C(=O)O)cnc2cc(Cl)nn12)N(C)C(=O)OC(C)(C)C. The number of aromatic nitrogens is 3. The van der Waals surface area contributed by atoms with Gasteiger partial charge in [0.15, 0.2) is 10.8 Å². The molecule has 2 aromatic heterocycles. The van der Waals surface area contributed by atoms with Gasteiger partial charge in [0.1, 0.15) is 11.2 Å². The van der Waals surface area contributed by atoms with Gasteiger partial charge in [-0.3, -0.25) is 0 Å². The summed E-state index contributed by atoms with van der Waals surface area (Å²) in [6, 6.07) is 0.879. The number of carbonyl (C=O) groups is 2. The Kier molecular flexibility index (Phi) is 4.70. The summed E-state index contributed by atoms with van der Waals surface area (Å²) in [6.07, 6.45) is 0.652. The van der Waals surface area contributed by atoms with Crippen LogP contribution in [0.4, 0.5) is 4.79 Å². The Morgan fingerprint density at radius 1 is 1.42 bits per heavy atom. The molecule has 2 heterocycles. The standard InChI is InChI=1S/C15H19ClN4O4/c1-8(19(5)14(23)24-15(2,3)4)12-9(13(21)22)7-17-11-6-10(16)18-20(11)12/h6-8H,1-5H3,(H,21,22). The van der Waals surface area contributed by atoms with E-state index in [1.807, 2.05) is 0 Å². The minimum absolute atomic E-state index is 0.0647. The Bertz CT molecular complexity index is 797. The van der Waals surface area contributed by atoms with Gasteiger partial charge in [-0.2, -0.15) is 5.10 Å². The van der Waals surface area contributed by atoms with E-state index in [2.05, 4.69) is 10.1 Å². The average molecular weight is 355 g/mol. The van der Waals surface area contributed by atoms with Crippen LogP contribution in [-0.4, -0.2) is 49.3 Å². The zero-order valence-corrected chi connectivity index (χ0v) is 14.8. The van der Waals surface area contributed by atoms with E-state index in [4.69, 9.17) is 16.3 Å². The lowest BCUT2D eigenvalue weighted by atomic mass is 10.1. The predicted molar refractivity (Wildman–Crippen MR) is 87.4 cm³/mol. The Hall–Kier alpha value is -2.35. The number of amides is 1. The van der Waals surface area contributed by atoms with Crippen molar-refractivity contribution in [1.29, 1.82) is 0 Å². The van der Waals surface area contributed by atoms with Gasteiger partial charge in [-0.05, 0) is 27.7 Å². The summed E-state index contributed by atoms with van der Waals surface area (Å²) in [5.74, 6) is -1.17. The fraction of sp³-hybridized carbons (Fsp3) is 0.467. The number of ether oxygens (including phenoxy) is 1. The molecule has 130 valence electrons. The average Bonchev–Trinajstić information content (AvgIpc) is 2.82. The second-order valence-electron chi connectivity index (χ2n) is 6.37. The third-order valence-electron chi connectivity index (χ3n) is 3.38. The Labute approximate surface area is 144 Å². The van der Waals surface area contributed by atoms with Crippen molar-refractivity contribution in [3.63, 3.8) is 0 Å². The van der Waals surface area contributed by atoms with E-state index >= 15 is 0 Å². The minimum Gasteiger partial charge on any atom is -0.478 e. The van der Waals surface area contributed by atoms with Crippen LogP contribution in [0.1, 0.15) is 49.8 Å². The topological polar surface area (TPSA) is 97.0 Å². The van der Waals surface area contributed by atoms with Crippen molar-refractivity contribution in [1.82, 2.24) is 19.5 Å². The zero-order valence-electron chi connectivity index (χ0n) is 14.1. The molecular formula is C15H19ClN4O4. The molecule has 0 radical (unpaired) electrons. The second kappa shape index (κ2) is 6.27. The van der Waals surface area contributed by atoms with Crippen molar-refractivity contribution in [3.05, 3.63) is 28.7 Å². The van der Waals surface area contributed by atoms with Gasteiger partial charge in [0, 0.05) is 19.3 Å². The van der Waals surface area contributed by atoms with Gasteiger partial charge in [0.2, 0.25) is 0 Å². The van der Waals surface area contributed by atoms with E-state index in [-0.39, 0.29) is 16.4 Å². The fourth-order valence-corrected chi connectivity index (χ4v) is 2.34. The van der Waals surface area contributed by atoms with Crippen LogP contribution in [0, 0.1) is 0 Å². The van der Waals surface area contributed by atoms with Crippen LogP contribution in [0.2, 0.25) is 5.15 Å². The van der Waals surface area contributed by atoms with Crippen molar-refractivity contribution in [2.45, 2.75) is 39.3 Å². The first-order valence-electron chi connectivity index (χ1n) is 7.24. The number of hydrogen-bond donors (Lipinski definition) is 1. The van der Waals surface area contributed by atoms with Gasteiger partial charge in [0.05, 0.1) is 11.7 Å². The molecule has 1 N–H and O–H groups in total. The first-order valence-corrected chi connectivity index (χ1v) is 7.62. The molecule has 0 fully saturated rings.